The van der Waals surface area contributed by atoms with Crippen molar-refractivity contribution in [2.75, 3.05) is 18.4 Å². The van der Waals surface area contributed by atoms with E-state index in [0.29, 0.717) is 18.7 Å². The van der Waals surface area contributed by atoms with E-state index in [0.717, 1.165) is 16.9 Å². The van der Waals surface area contributed by atoms with Crippen LogP contribution in [0.3, 0.4) is 0 Å². The Kier molecular flexibility index (Phi) is 6.24. The number of nitro groups is 1. The van der Waals surface area contributed by atoms with Gasteiger partial charge in [-0.25, -0.2) is 0 Å². The number of hydrogen-bond donors (Lipinski definition) is 1. The molecule has 1 aromatic carbocycles. The molecule has 7 nitrogen and oxygen atoms in total. The highest BCUT2D eigenvalue weighted by Crippen LogP contribution is 2.25. The Labute approximate surface area is 149 Å². The van der Waals surface area contributed by atoms with Crippen molar-refractivity contribution in [3.63, 3.8) is 0 Å². The third kappa shape index (κ3) is 4.87. The number of rotatable bonds is 7. The molecular weight excluding hydrogens is 342 g/mol. The van der Waals surface area contributed by atoms with E-state index in [2.05, 4.69) is 5.32 Å². The van der Waals surface area contributed by atoms with Crippen molar-refractivity contribution in [1.82, 2.24) is 4.90 Å². The van der Waals surface area contributed by atoms with Gasteiger partial charge in [-0.15, -0.1) is 0 Å². The van der Waals surface area contributed by atoms with Crippen molar-refractivity contribution < 1.29 is 14.5 Å². The maximum atomic E-state index is 12.6. The SMILES string of the molecule is CCCN(CC(=O)Nc1ccccc1C)C(=O)c1ccc([N+](=O)[O-])s1. The van der Waals surface area contributed by atoms with Gasteiger partial charge in [-0.1, -0.05) is 36.5 Å². The number of thiophene rings is 1. The smallest absolute Gasteiger partial charge is 0.324 e. The minimum Gasteiger partial charge on any atom is -0.329 e. The number of carbonyl (C=O) groups excluding carboxylic acids is 2. The van der Waals surface area contributed by atoms with Crippen LogP contribution in [0.25, 0.3) is 0 Å². The number of amides is 2. The molecule has 0 aliphatic carbocycles. The summed E-state index contributed by atoms with van der Waals surface area (Å²) >= 11 is 0.815. The lowest BCUT2D eigenvalue weighted by molar-refractivity contribution is -0.380. The minimum absolute atomic E-state index is 0.0934. The number of carbonyl (C=O) groups is 2. The summed E-state index contributed by atoms with van der Waals surface area (Å²) in [6.07, 6.45) is 0.677. The van der Waals surface area contributed by atoms with Gasteiger partial charge < -0.3 is 10.2 Å². The van der Waals surface area contributed by atoms with E-state index >= 15 is 0 Å². The van der Waals surface area contributed by atoms with Gasteiger partial charge in [0.2, 0.25) is 5.91 Å². The van der Waals surface area contributed by atoms with Gasteiger partial charge in [0.15, 0.2) is 0 Å². The second kappa shape index (κ2) is 8.39. The molecule has 0 aliphatic heterocycles. The van der Waals surface area contributed by atoms with Crippen LogP contribution >= 0.6 is 11.3 Å². The molecule has 0 saturated carbocycles. The molecule has 1 heterocycles. The normalized spacial score (nSPS) is 10.3. The zero-order valence-corrected chi connectivity index (χ0v) is 14.8. The van der Waals surface area contributed by atoms with Crippen LogP contribution < -0.4 is 5.32 Å². The minimum atomic E-state index is -0.531. The molecule has 2 rings (SSSR count). The fraction of sp³-hybridized carbons (Fsp3) is 0.294. The van der Waals surface area contributed by atoms with E-state index in [1.807, 2.05) is 32.0 Å². The molecule has 8 heteroatoms. The lowest BCUT2D eigenvalue weighted by Gasteiger charge is -2.21. The molecule has 2 amide bonds. The molecule has 2 aromatic rings. The van der Waals surface area contributed by atoms with Gasteiger partial charge >= 0.3 is 5.00 Å². The highest BCUT2D eigenvalue weighted by atomic mass is 32.1. The molecule has 0 bridgehead atoms. The maximum absolute atomic E-state index is 12.6. The van der Waals surface area contributed by atoms with Crippen LogP contribution in [0.4, 0.5) is 10.7 Å². The van der Waals surface area contributed by atoms with Gasteiger partial charge in [-0.05, 0) is 31.0 Å². The molecule has 25 heavy (non-hydrogen) atoms. The predicted octanol–water partition coefficient (Wildman–Crippen LogP) is 3.46. The number of hydrogen-bond acceptors (Lipinski definition) is 5. The highest BCUT2D eigenvalue weighted by molar-refractivity contribution is 7.17. The van der Waals surface area contributed by atoms with E-state index in [9.17, 15) is 19.7 Å². The van der Waals surface area contributed by atoms with Gasteiger partial charge in [0.25, 0.3) is 5.91 Å². The summed E-state index contributed by atoms with van der Waals surface area (Å²) in [5, 5.41) is 13.5. The number of aryl methyl sites for hydroxylation is 1. The lowest BCUT2D eigenvalue weighted by Crippen LogP contribution is -2.38. The van der Waals surface area contributed by atoms with Crippen molar-refractivity contribution in [3.8, 4) is 0 Å². The number of nitrogens with one attached hydrogen (secondary N) is 1. The van der Waals surface area contributed by atoms with Crippen molar-refractivity contribution in [1.29, 1.82) is 0 Å². The Morgan fingerprint density at radius 2 is 1.96 bits per heavy atom. The average Bonchev–Trinajstić information content (AvgIpc) is 3.06. The quantitative estimate of drug-likeness (QED) is 0.604. The monoisotopic (exact) mass is 361 g/mol. The van der Waals surface area contributed by atoms with Crippen molar-refractivity contribution in [2.45, 2.75) is 20.3 Å². The van der Waals surface area contributed by atoms with Crippen LogP contribution in [0.5, 0.6) is 0 Å². The summed E-state index contributed by atoms with van der Waals surface area (Å²) in [5.41, 5.74) is 1.63. The third-order valence-corrected chi connectivity index (χ3v) is 4.54. The molecule has 0 unspecified atom stereocenters. The van der Waals surface area contributed by atoms with E-state index in [-0.39, 0.29) is 28.2 Å². The zero-order chi connectivity index (χ0) is 18.4. The second-order valence-corrected chi connectivity index (χ2v) is 6.55. The van der Waals surface area contributed by atoms with Crippen LogP contribution in [0.1, 0.15) is 28.6 Å². The van der Waals surface area contributed by atoms with E-state index in [1.165, 1.54) is 17.0 Å². The Bertz CT molecular complexity index is 788. The molecule has 0 aliphatic rings. The largest absolute Gasteiger partial charge is 0.329 e. The number of benzene rings is 1. The van der Waals surface area contributed by atoms with E-state index in [4.69, 9.17) is 0 Å². The molecular formula is C17H19N3O4S. The molecule has 0 atom stereocenters. The number of nitrogens with zero attached hydrogens (tertiary/aromatic N) is 2. The topological polar surface area (TPSA) is 92.6 Å². The molecule has 1 aromatic heterocycles. The van der Waals surface area contributed by atoms with Crippen LogP contribution in [-0.4, -0.2) is 34.7 Å². The fourth-order valence-electron chi connectivity index (χ4n) is 2.30. The van der Waals surface area contributed by atoms with Crippen molar-refractivity contribution in [3.05, 3.63) is 57.0 Å². The predicted molar refractivity (Wildman–Crippen MR) is 97.0 cm³/mol. The zero-order valence-electron chi connectivity index (χ0n) is 14.0. The van der Waals surface area contributed by atoms with Gasteiger partial charge in [-0.2, -0.15) is 0 Å². The van der Waals surface area contributed by atoms with Crippen molar-refractivity contribution >= 4 is 33.8 Å². The first-order valence-electron chi connectivity index (χ1n) is 7.81. The number of anilines is 1. The molecule has 0 radical (unpaired) electrons. The first kappa shape index (κ1) is 18.6. The highest BCUT2D eigenvalue weighted by Gasteiger charge is 2.22. The summed E-state index contributed by atoms with van der Waals surface area (Å²) in [6.45, 7) is 4.07. The molecule has 0 saturated heterocycles. The van der Waals surface area contributed by atoms with E-state index < -0.39 is 4.92 Å². The molecule has 132 valence electrons. The second-order valence-electron chi connectivity index (χ2n) is 5.48. The van der Waals surface area contributed by atoms with Crippen LogP contribution in [0.2, 0.25) is 0 Å². The van der Waals surface area contributed by atoms with Crippen molar-refractivity contribution in [2.24, 2.45) is 0 Å². The van der Waals surface area contributed by atoms with Crippen LogP contribution in [0.15, 0.2) is 36.4 Å². The molecule has 1 N–H and O–H groups in total. The first-order valence-corrected chi connectivity index (χ1v) is 8.63. The average molecular weight is 361 g/mol. The molecule has 0 spiro atoms. The van der Waals surface area contributed by atoms with Gasteiger partial charge in [0, 0.05) is 18.3 Å². The lowest BCUT2D eigenvalue weighted by atomic mass is 10.2. The summed E-state index contributed by atoms with van der Waals surface area (Å²) in [7, 11) is 0. The Balaban J connectivity index is 2.08. The Hall–Kier alpha value is -2.74. The standard InChI is InChI=1S/C17H19N3O4S/c1-3-10-19(17(22)14-8-9-16(25-14)20(23)24)11-15(21)18-13-7-5-4-6-12(13)2/h4-9H,3,10-11H2,1-2H3,(H,18,21). The van der Waals surface area contributed by atoms with Gasteiger partial charge in [0.05, 0.1) is 9.80 Å². The summed E-state index contributed by atoms with van der Waals surface area (Å²) in [5.74, 6) is -0.679. The number of para-hydroxylation sites is 1. The first-order chi connectivity index (χ1) is 11.9. The molecule has 0 fully saturated rings. The third-order valence-electron chi connectivity index (χ3n) is 3.52. The van der Waals surface area contributed by atoms with Gasteiger partial charge in [-0.3, -0.25) is 19.7 Å². The van der Waals surface area contributed by atoms with Gasteiger partial charge in [0.1, 0.15) is 6.54 Å². The maximum Gasteiger partial charge on any atom is 0.324 e. The summed E-state index contributed by atoms with van der Waals surface area (Å²) < 4.78 is 0. The van der Waals surface area contributed by atoms with E-state index in [1.54, 1.807) is 6.07 Å². The Morgan fingerprint density at radius 3 is 2.56 bits per heavy atom. The van der Waals surface area contributed by atoms with Crippen LogP contribution in [0, 0.1) is 17.0 Å². The summed E-state index contributed by atoms with van der Waals surface area (Å²) in [6, 6.07) is 10.1. The van der Waals surface area contributed by atoms with Crippen LogP contribution in [-0.2, 0) is 4.79 Å². The Morgan fingerprint density at radius 1 is 1.24 bits per heavy atom. The summed E-state index contributed by atoms with van der Waals surface area (Å²) in [4.78, 5) is 36.7. The fourth-order valence-corrected chi connectivity index (χ4v) is 3.08.